The van der Waals surface area contributed by atoms with Gasteiger partial charge < -0.3 is 15.1 Å². The predicted octanol–water partition coefficient (Wildman–Crippen LogP) is 6.00. The van der Waals surface area contributed by atoms with Crippen molar-refractivity contribution in [3.63, 3.8) is 0 Å². The van der Waals surface area contributed by atoms with Crippen LogP contribution in [0.2, 0.25) is 0 Å². The summed E-state index contributed by atoms with van der Waals surface area (Å²) in [5.74, 6) is 0.450. The van der Waals surface area contributed by atoms with Crippen LogP contribution >= 0.6 is 39.0 Å². The van der Waals surface area contributed by atoms with E-state index < -0.39 is 0 Å². The van der Waals surface area contributed by atoms with E-state index in [1.807, 2.05) is 79.6 Å². The SMILES string of the molecule is CC(C)(C)C(=O)N1CCN(c2ccc(NC(=O)CSc3nc(-c4ccc(Br)cc4)cs3)cc2)CC1. The minimum absolute atomic E-state index is 0.0579. The zero-order valence-corrected chi connectivity index (χ0v) is 23.3. The first-order valence-electron chi connectivity index (χ1n) is 11.5. The summed E-state index contributed by atoms with van der Waals surface area (Å²) in [6, 6.07) is 15.9. The van der Waals surface area contributed by atoms with Crippen molar-refractivity contribution >= 4 is 62.2 Å². The molecule has 2 heterocycles. The molecule has 1 saturated heterocycles. The second kappa shape index (κ2) is 11.1. The van der Waals surface area contributed by atoms with Crippen LogP contribution < -0.4 is 10.2 Å². The van der Waals surface area contributed by atoms with E-state index in [1.54, 1.807) is 11.3 Å². The number of thioether (sulfide) groups is 1. The molecule has 0 aliphatic carbocycles. The minimum Gasteiger partial charge on any atom is -0.368 e. The van der Waals surface area contributed by atoms with Crippen LogP contribution in [0, 0.1) is 5.41 Å². The normalized spacial score (nSPS) is 14.2. The first-order valence-corrected chi connectivity index (χ1v) is 14.1. The van der Waals surface area contributed by atoms with Gasteiger partial charge in [0.2, 0.25) is 11.8 Å². The van der Waals surface area contributed by atoms with Crippen LogP contribution in [0.4, 0.5) is 11.4 Å². The number of rotatable bonds is 6. The molecule has 1 N–H and O–H groups in total. The molecule has 184 valence electrons. The smallest absolute Gasteiger partial charge is 0.234 e. The van der Waals surface area contributed by atoms with Crippen LogP contribution in [-0.4, -0.2) is 53.6 Å². The minimum atomic E-state index is -0.346. The third-order valence-corrected chi connectivity index (χ3v) is 8.22. The highest BCUT2D eigenvalue weighted by atomic mass is 79.9. The number of benzene rings is 2. The standard InChI is InChI=1S/C26H29BrN4O2S2/c1-26(2,3)24(33)31-14-12-30(13-15-31)21-10-8-20(9-11-21)28-23(32)17-35-25-29-22(16-34-25)18-4-6-19(27)7-5-18/h4-11,16H,12-15,17H2,1-3H3,(H,28,32). The lowest BCUT2D eigenvalue weighted by Gasteiger charge is -2.38. The Kier molecular flexibility index (Phi) is 8.19. The Morgan fingerprint density at radius 2 is 1.69 bits per heavy atom. The maximum Gasteiger partial charge on any atom is 0.234 e. The molecular formula is C26H29BrN4O2S2. The van der Waals surface area contributed by atoms with Gasteiger partial charge in [-0.25, -0.2) is 4.98 Å². The van der Waals surface area contributed by atoms with Gasteiger partial charge in [-0.15, -0.1) is 11.3 Å². The molecule has 3 aromatic rings. The van der Waals surface area contributed by atoms with Gasteiger partial charge in [-0.1, -0.05) is 60.6 Å². The Bertz CT molecular complexity index is 1170. The van der Waals surface area contributed by atoms with Gasteiger partial charge in [0.1, 0.15) is 0 Å². The topological polar surface area (TPSA) is 65.5 Å². The Morgan fingerprint density at radius 3 is 2.31 bits per heavy atom. The molecule has 1 aliphatic rings. The van der Waals surface area contributed by atoms with Crippen molar-refractivity contribution in [2.45, 2.75) is 25.1 Å². The van der Waals surface area contributed by atoms with Gasteiger partial charge in [-0.3, -0.25) is 9.59 Å². The molecular weight excluding hydrogens is 544 g/mol. The summed E-state index contributed by atoms with van der Waals surface area (Å²) < 4.78 is 1.91. The number of aromatic nitrogens is 1. The molecule has 2 aromatic carbocycles. The van der Waals surface area contributed by atoms with Crippen LogP contribution in [0.3, 0.4) is 0 Å². The Labute approximate surface area is 223 Å². The van der Waals surface area contributed by atoms with E-state index in [4.69, 9.17) is 0 Å². The molecule has 1 aromatic heterocycles. The molecule has 0 radical (unpaired) electrons. The molecule has 35 heavy (non-hydrogen) atoms. The van der Waals surface area contributed by atoms with Gasteiger partial charge in [0.25, 0.3) is 0 Å². The number of piperazine rings is 1. The van der Waals surface area contributed by atoms with Crippen LogP contribution in [-0.2, 0) is 9.59 Å². The molecule has 0 unspecified atom stereocenters. The number of anilines is 2. The van der Waals surface area contributed by atoms with Crippen molar-refractivity contribution < 1.29 is 9.59 Å². The zero-order chi connectivity index (χ0) is 25.0. The van der Waals surface area contributed by atoms with E-state index in [0.717, 1.165) is 57.6 Å². The number of carbonyl (C=O) groups is 2. The van der Waals surface area contributed by atoms with E-state index in [1.165, 1.54) is 11.8 Å². The van der Waals surface area contributed by atoms with Crippen LogP contribution in [0.15, 0.2) is 62.7 Å². The monoisotopic (exact) mass is 572 g/mol. The molecule has 0 spiro atoms. The van der Waals surface area contributed by atoms with E-state index in [0.29, 0.717) is 5.75 Å². The summed E-state index contributed by atoms with van der Waals surface area (Å²) in [4.78, 5) is 33.8. The molecule has 6 nitrogen and oxygen atoms in total. The highest BCUT2D eigenvalue weighted by molar-refractivity contribution is 9.10. The first-order chi connectivity index (χ1) is 16.7. The van der Waals surface area contributed by atoms with Crippen LogP contribution in [0.25, 0.3) is 11.3 Å². The first kappa shape index (κ1) is 25.7. The number of hydrogen-bond acceptors (Lipinski definition) is 6. The van der Waals surface area contributed by atoms with E-state index >= 15 is 0 Å². The van der Waals surface area contributed by atoms with E-state index in [9.17, 15) is 9.59 Å². The zero-order valence-electron chi connectivity index (χ0n) is 20.1. The summed E-state index contributed by atoms with van der Waals surface area (Å²) in [7, 11) is 0. The second-order valence-corrected chi connectivity index (χ2v) is 12.4. The lowest BCUT2D eigenvalue weighted by molar-refractivity contribution is -0.139. The number of amides is 2. The van der Waals surface area contributed by atoms with Crippen LogP contribution in [0.1, 0.15) is 20.8 Å². The Hall–Kier alpha value is -2.36. The quantitative estimate of drug-likeness (QED) is 0.367. The van der Waals surface area contributed by atoms with Crippen molar-refractivity contribution in [3.05, 3.63) is 58.4 Å². The van der Waals surface area contributed by atoms with Gasteiger partial charge in [0, 0.05) is 58.4 Å². The predicted molar refractivity (Wildman–Crippen MR) is 149 cm³/mol. The van der Waals surface area contributed by atoms with Gasteiger partial charge >= 0.3 is 0 Å². The Balaban J connectivity index is 1.24. The molecule has 2 amide bonds. The van der Waals surface area contributed by atoms with Crippen molar-refractivity contribution in [1.82, 2.24) is 9.88 Å². The lowest BCUT2D eigenvalue weighted by atomic mass is 9.94. The maximum atomic E-state index is 12.5. The molecule has 0 bridgehead atoms. The number of nitrogens with one attached hydrogen (secondary N) is 1. The van der Waals surface area contributed by atoms with Gasteiger partial charge in [0.15, 0.2) is 4.34 Å². The summed E-state index contributed by atoms with van der Waals surface area (Å²) in [6.45, 7) is 8.96. The third-order valence-electron chi connectivity index (χ3n) is 5.67. The number of nitrogens with zero attached hydrogens (tertiary/aromatic N) is 3. The average Bonchev–Trinajstić information content (AvgIpc) is 3.32. The van der Waals surface area contributed by atoms with Crippen molar-refractivity contribution in [1.29, 1.82) is 0 Å². The molecule has 1 aliphatic heterocycles. The molecule has 1 fully saturated rings. The maximum absolute atomic E-state index is 12.5. The van der Waals surface area contributed by atoms with Crippen molar-refractivity contribution in [2.24, 2.45) is 5.41 Å². The third kappa shape index (κ3) is 6.86. The summed E-state index contributed by atoms with van der Waals surface area (Å²) in [5, 5.41) is 4.98. The number of hydrogen-bond donors (Lipinski definition) is 1. The van der Waals surface area contributed by atoms with Crippen molar-refractivity contribution in [3.8, 4) is 11.3 Å². The van der Waals surface area contributed by atoms with E-state index in [2.05, 4.69) is 31.1 Å². The fraction of sp³-hybridized carbons (Fsp3) is 0.346. The summed E-state index contributed by atoms with van der Waals surface area (Å²) in [5.41, 5.74) is 3.51. The number of thiazole rings is 1. The molecule has 9 heteroatoms. The van der Waals surface area contributed by atoms with Gasteiger partial charge in [-0.2, -0.15) is 0 Å². The fourth-order valence-corrected chi connectivity index (χ4v) is 5.70. The lowest BCUT2D eigenvalue weighted by Crippen LogP contribution is -2.51. The van der Waals surface area contributed by atoms with Crippen molar-refractivity contribution in [2.75, 3.05) is 42.1 Å². The van der Waals surface area contributed by atoms with Gasteiger partial charge in [-0.05, 0) is 36.4 Å². The summed E-state index contributed by atoms with van der Waals surface area (Å²) in [6.07, 6.45) is 0. The van der Waals surface area contributed by atoms with E-state index in [-0.39, 0.29) is 17.2 Å². The highest BCUT2D eigenvalue weighted by Gasteiger charge is 2.29. The largest absolute Gasteiger partial charge is 0.368 e. The van der Waals surface area contributed by atoms with Crippen LogP contribution in [0.5, 0.6) is 0 Å². The highest BCUT2D eigenvalue weighted by Crippen LogP contribution is 2.29. The molecule has 4 rings (SSSR count). The number of halogens is 1. The summed E-state index contributed by atoms with van der Waals surface area (Å²) >= 11 is 6.44. The Morgan fingerprint density at radius 1 is 1.03 bits per heavy atom. The average molecular weight is 574 g/mol. The molecule has 0 saturated carbocycles. The molecule has 0 atom stereocenters. The fourth-order valence-electron chi connectivity index (χ4n) is 3.80. The second-order valence-electron chi connectivity index (χ2n) is 9.42. The number of carbonyl (C=O) groups excluding carboxylic acids is 2. The van der Waals surface area contributed by atoms with Gasteiger partial charge in [0.05, 0.1) is 11.4 Å².